The zero-order chi connectivity index (χ0) is 14.4. The Morgan fingerprint density at radius 1 is 1.40 bits per heavy atom. The van der Waals surface area contributed by atoms with Crippen LogP contribution in [0.5, 0.6) is 5.75 Å². The van der Waals surface area contributed by atoms with Gasteiger partial charge in [0.1, 0.15) is 18.7 Å². The van der Waals surface area contributed by atoms with E-state index in [2.05, 4.69) is 21.9 Å². The summed E-state index contributed by atoms with van der Waals surface area (Å²) in [6.07, 6.45) is 1.99. The van der Waals surface area contributed by atoms with Gasteiger partial charge in [0.25, 0.3) is 0 Å². The summed E-state index contributed by atoms with van der Waals surface area (Å²) in [6, 6.07) is 5.77. The minimum Gasteiger partial charge on any atom is -0.485 e. The number of rotatable bonds is 4. The Hall–Kier alpha value is -2.32. The number of nitrogens with zero attached hydrogens (tertiary/aromatic N) is 3. The minimum absolute atomic E-state index is 0.0882. The number of benzene rings is 1. The van der Waals surface area contributed by atoms with Gasteiger partial charge in [-0.05, 0) is 30.7 Å². The van der Waals surface area contributed by atoms with E-state index >= 15 is 0 Å². The van der Waals surface area contributed by atoms with Crippen LogP contribution in [-0.2, 0) is 13.7 Å². The molecule has 0 unspecified atom stereocenters. The van der Waals surface area contributed by atoms with Crippen molar-refractivity contribution < 1.29 is 9.84 Å². The first-order chi connectivity index (χ1) is 9.70. The molecule has 0 fully saturated rings. The second kappa shape index (κ2) is 6.73. The molecule has 104 valence electrons. The van der Waals surface area contributed by atoms with Crippen LogP contribution in [0, 0.1) is 18.8 Å². The molecule has 5 nitrogen and oxygen atoms in total. The monoisotopic (exact) mass is 271 g/mol. The van der Waals surface area contributed by atoms with Gasteiger partial charge >= 0.3 is 0 Å². The predicted octanol–water partition coefficient (Wildman–Crippen LogP) is 1.44. The number of ether oxygens (including phenoxy) is 1. The van der Waals surface area contributed by atoms with Gasteiger partial charge in [-0.2, -0.15) is 5.10 Å². The summed E-state index contributed by atoms with van der Waals surface area (Å²) in [7, 11) is 1.83. The van der Waals surface area contributed by atoms with E-state index in [9.17, 15) is 0 Å². The van der Waals surface area contributed by atoms with Gasteiger partial charge in [-0.3, -0.25) is 4.68 Å². The zero-order valence-corrected chi connectivity index (χ0v) is 11.6. The van der Waals surface area contributed by atoms with Crippen LogP contribution in [0.15, 0.2) is 24.5 Å². The van der Waals surface area contributed by atoms with Gasteiger partial charge in [0.15, 0.2) is 5.82 Å². The second-order valence-electron chi connectivity index (χ2n) is 4.34. The number of aromatic nitrogens is 3. The van der Waals surface area contributed by atoms with Gasteiger partial charge in [-0.1, -0.05) is 11.8 Å². The van der Waals surface area contributed by atoms with Crippen molar-refractivity contribution in [2.75, 3.05) is 6.61 Å². The molecule has 0 saturated carbocycles. The first-order valence-corrected chi connectivity index (χ1v) is 6.36. The van der Waals surface area contributed by atoms with E-state index in [1.165, 1.54) is 6.33 Å². The first-order valence-electron chi connectivity index (χ1n) is 6.36. The number of aryl methyl sites for hydroxylation is 2. The lowest BCUT2D eigenvalue weighted by molar-refractivity contribution is 0.288. The fourth-order valence-corrected chi connectivity index (χ4v) is 1.70. The lowest BCUT2D eigenvalue weighted by Crippen LogP contribution is -2.05. The van der Waals surface area contributed by atoms with Crippen molar-refractivity contribution in [1.82, 2.24) is 14.8 Å². The Morgan fingerprint density at radius 2 is 2.25 bits per heavy atom. The van der Waals surface area contributed by atoms with Gasteiger partial charge in [0, 0.05) is 19.0 Å². The Kier molecular flexibility index (Phi) is 4.75. The molecule has 1 heterocycles. The highest BCUT2D eigenvalue weighted by atomic mass is 16.5. The number of aliphatic hydroxyl groups is 1. The first kappa shape index (κ1) is 14.1. The average molecular weight is 271 g/mol. The SMILES string of the molecule is Cc1cc(C#CCCO)ccc1OCc1ncnn1C. The van der Waals surface area contributed by atoms with Crippen LogP contribution in [0.2, 0.25) is 0 Å². The summed E-state index contributed by atoms with van der Waals surface area (Å²) in [5.74, 6) is 7.48. The summed E-state index contributed by atoms with van der Waals surface area (Å²) in [6.45, 7) is 2.45. The molecule has 1 aromatic heterocycles. The molecule has 20 heavy (non-hydrogen) atoms. The molecule has 0 bridgehead atoms. The van der Waals surface area contributed by atoms with Crippen LogP contribution in [0.3, 0.4) is 0 Å². The standard InChI is InChI=1S/C15H17N3O2/c1-12-9-13(5-3-4-8-19)6-7-14(12)20-10-15-16-11-17-18(15)2/h6-7,9,11,19H,4,8,10H2,1-2H3. The smallest absolute Gasteiger partial charge is 0.164 e. The van der Waals surface area contributed by atoms with Gasteiger partial charge in [-0.15, -0.1) is 0 Å². The molecule has 0 aliphatic rings. The van der Waals surface area contributed by atoms with Crippen LogP contribution in [0.1, 0.15) is 23.4 Å². The van der Waals surface area contributed by atoms with E-state index < -0.39 is 0 Å². The van der Waals surface area contributed by atoms with Crippen molar-refractivity contribution >= 4 is 0 Å². The molecule has 1 aromatic carbocycles. The quantitative estimate of drug-likeness (QED) is 0.855. The van der Waals surface area contributed by atoms with Crippen LogP contribution in [-0.4, -0.2) is 26.5 Å². The molecule has 5 heteroatoms. The lowest BCUT2D eigenvalue weighted by atomic mass is 10.1. The highest BCUT2D eigenvalue weighted by Crippen LogP contribution is 2.19. The van der Waals surface area contributed by atoms with Crippen molar-refractivity contribution in [3.63, 3.8) is 0 Å². The van der Waals surface area contributed by atoms with Crippen LogP contribution in [0.4, 0.5) is 0 Å². The van der Waals surface area contributed by atoms with E-state index in [0.717, 1.165) is 22.7 Å². The van der Waals surface area contributed by atoms with Crippen molar-refractivity contribution in [1.29, 1.82) is 0 Å². The van der Waals surface area contributed by atoms with E-state index in [-0.39, 0.29) is 6.61 Å². The Morgan fingerprint density at radius 3 is 2.90 bits per heavy atom. The molecule has 2 aromatic rings. The molecular formula is C15H17N3O2. The molecular weight excluding hydrogens is 254 g/mol. The molecule has 1 N–H and O–H groups in total. The maximum absolute atomic E-state index is 8.69. The van der Waals surface area contributed by atoms with Crippen molar-refractivity contribution in [2.45, 2.75) is 20.0 Å². The van der Waals surface area contributed by atoms with Gasteiger partial charge in [0.2, 0.25) is 0 Å². The molecule has 0 radical (unpaired) electrons. The minimum atomic E-state index is 0.0882. The molecule has 0 amide bonds. The second-order valence-corrected chi connectivity index (χ2v) is 4.34. The predicted molar refractivity (Wildman–Crippen MR) is 75.1 cm³/mol. The Balaban J connectivity index is 2.03. The van der Waals surface area contributed by atoms with E-state index in [1.54, 1.807) is 4.68 Å². The van der Waals surface area contributed by atoms with Gasteiger partial charge in [-0.25, -0.2) is 4.98 Å². The summed E-state index contributed by atoms with van der Waals surface area (Å²) in [5.41, 5.74) is 1.94. The third-order valence-corrected chi connectivity index (χ3v) is 2.81. The highest BCUT2D eigenvalue weighted by Gasteiger charge is 2.04. The number of hydrogen-bond acceptors (Lipinski definition) is 4. The number of hydrogen-bond donors (Lipinski definition) is 1. The van der Waals surface area contributed by atoms with Crippen LogP contribution >= 0.6 is 0 Å². The summed E-state index contributed by atoms with van der Waals surface area (Å²) in [5, 5.41) is 12.7. The van der Waals surface area contributed by atoms with E-state index in [4.69, 9.17) is 9.84 Å². The normalized spacial score (nSPS) is 9.95. The van der Waals surface area contributed by atoms with Crippen molar-refractivity contribution in [2.24, 2.45) is 7.05 Å². The fourth-order valence-electron chi connectivity index (χ4n) is 1.70. The van der Waals surface area contributed by atoms with E-state index in [0.29, 0.717) is 13.0 Å². The molecule has 0 aliphatic carbocycles. The Labute approximate surface area is 118 Å². The molecule has 0 aliphatic heterocycles. The van der Waals surface area contributed by atoms with Gasteiger partial charge in [0.05, 0.1) is 6.61 Å². The fraction of sp³-hybridized carbons (Fsp3) is 0.333. The largest absolute Gasteiger partial charge is 0.485 e. The lowest BCUT2D eigenvalue weighted by Gasteiger charge is -2.08. The maximum atomic E-state index is 8.69. The van der Waals surface area contributed by atoms with Crippen molar-refractivity contribution in [3.8, 4) is 17.6 Å². The molecule has 0 saturated heterocycles. The summed E-state index contributed by atoms with van der Waals surface area (Å²) < 4.78 is 7.42. The number of aliphatic hydroxyl groups excluding tert-OH is 1. The summed E-state index contributed by atoms with van der Waals surface area (Å²) >= 11 is 0. The third kappa shape index (κ3) is 3.59. The van der Waals surface area contributed by atoms with Crippen molar-refractivity contribution in [3.05, 3.63) is 41.5 Å². The maximum Gasteiger partial charge on any atom is 0.164 e. The van der Waals surface area contributed by atoms with Gasteiger partial charge < -0.3 is 9.84 Å². The summed E-state index contributed by atoms with van der Waals surface area (Å²) in [4.78, 5) is 4.11. The topological polar surface area (TPSA) is 60.2 Å². The molecule has 2 rings (SSSR count). The van der Waals surface area contributed by atoms with E-state index in [1.807, 2.05) is 32.2 Å². The highest BCUT2D eigenvalue weighted by molar-refractivity contribution is 5.43. The van der Waals surface area contributed by atoms with Crippen LogP contribution < -0.4 is 4.74 Å². The molecule has 0 atom stereocenters. The third-order valence-electron chi connectivity index (χ3n) is 2.81. The van der Waals surface area contributed by atoms with Crippen LogP contribution in [0.25, 0.3) is 0 Å². The average Bonchev–Trinajstić information content (AvgIpc) is 2.84. The Bertz CT molecular complexity index is 638. The molecule has 0 spiro atoms. The zero-order valence-electron chi connectivity index (χ0n) is 11.6.